The summed E-state index contributed by atoms with van der Waals surface area (Å²) in [4.78, 5) is 13.5. The van der Waals surface area contributed by atoms with E-state index >= 15 is 0 Å². The monoisotopic (exact) mass is 522 g/mol. The number of hydrogen-bond donors (Lipinski definition) is 1. The van der Waals surface area contributed by atoms with Gasteiger partial charge in [-0.05, 0) is 62.2 Å². The van der Waals surface area contributed by atoms with E-state index in [0.717, 1.165) is 28.5 Å². The summed E-state index contributed by atoms with van der Waals surface area (Å²) in [7, 11) is -4.02. The Hall–Kier alpha value is -3.52. The van der Waals surface area contributed by atoms with Crippen LogP contribution in [0.3, 0.4) is 0 Å². The lowest BCUT2D eigenvalue weighted by Gasteiger charge is -2.41. The molecule has 3 aromatic carbocycles. The molecule has 0 aromatic heterocycles. The Morgan fingerprint density at radius 3 is 2.27 bits per heavy atom. The van der Waals surface area contributed by atoms with Crippen LogP contribution in [0.25, 0.3) is 0 Å². The summed E-state index contributed by atoms with van der Waals surface area (Å²) in [6.45, 7) is 6.15. The number of nitrogens with zero attached hydrogens (tertiary/aromatic N) is 1. The van der Waals surface area contributed by atoms with Gasteiger partial charge in [-0.25, -0.2) is 8.42 Å². The van der Waals surface area contributed by atoms with Crippen molar-refractivity contribution in [2.24, 2.45) is 0 Å². The molecule has 4 rings (SSSR count). The smallest absolute Gasteiger partial charge is 0.264 e. The van der Waals surface area contributed by atoms with Crippen LogP contribution in [-0.4, -0.2) is 33.1 Å². The molecule has 1 unspecified atom stereocenters. The van der Waals surface area contributed by atoms with E-state index in [-0.39, 0.29) is 29.0 Å². The summed E-state index contributed by atoms with van der Waals surface area (Å²) in [6, 6.07) is 22.3. The third-order valence-corrected chi connectivity index (χ3v) is 8.66. The molecule has 1 amide bonds. The van der Waals surface area contributed by atoms with Crippen molar-refractivity contribution in [2.75, 3.05) is 17.5 Å². The molecular weight excluding hydrogens is 488 g/mol. The molecule has 0 fully saturated rings. The average Bonchev–Trinajstić information content (AvgIpc) is 2.92. The summed E-state index contributed by atoms with van der Waals surface area (Å²) in [6.07, 6.45) is 2.21. The number of fused-ring (bicyclic) bond motifs is 1. The minimum absolute atomic E-state index is 0.0833. The highest BCUT2D eigenvalue weighted by atomic mass is 32.2. The van der Waals surface area contributed by atoms with E-state index in [2.05, 4.69) is 19.2 Å². The van der Waals surface area contributed by atoms with Gasteiger partial charge in [0.05, 0.1) is 23.2 Å². The maximum Gasteiger partial charge on any atom is 0.264 e. The molecule has 8 heteroatoms. The van der Waals surface area contributed by atoms with Crippen LogP contribution in [0.5, 0.6) is 11.5 Å². The van der Waals surface area contributed by atoms with Crippen molar-refractivity contribution in [1.29, 1.82) is 0 Å². The fraction of sp³-hybridized carbons (Fsp3) is 0.345. The van der Waals surface area contributed by atoms with Gasteiger partial charge >= 0.3 is 0 Å². The van der Waals surface area contributed by atoms with E-state index in [1.54, 1.807) is 42.5 Å². The highest BCUT2D eigenvalue weighted by molar-refractivity contribution is 7.92. The normalized spacial score (nSPS) is 16.2. The summed E-state index contributed by atoms with van der Waals surface area (Å²) < 4.78 is 40.4. The van der Waals surface area contributed by atoms with Crippen molar-refractivity contribution in [1.82, 2.24) is 5.32 Å². The molecule has 37 heavy (non-hydrogen) atoms. The molecule has 7 nitrogen and oxygen atoms in total. The van der Waals surface area contributed by atoms with E-state index in [1.165, 1.54) is 12.1 Å². The number of benzene rings is 3. The maximum absolute atomic E-state index is 13.7. The van der Waals surface area contributed by atoms with Crippen molar-refractivity contribution in [3.8, 4) is 11.5 Å². The van der Waals surface area contributed by atoms with Crippen LogP contribution >= 0.6 is 0 Å². The van der Waals surface area contributed by atoms with Gasteiger partial charge in [0.2, 0.25) is 5.91 Å². The molecule has 0 bridgehead atoms. The second-order valence-corrected chi connectivity index (χ2v) is 11.0. The summed E-state index contributed by atoms with van der Waals surface area (Å²) in [5.41, 5.74) is 0.921. The van der Waals surface area contributed by atoms with Crippen LogP contribution in [0.4, 0.5) is 5.69 Å². The van der Waals surface area contributed by atoms with Crippen LogP contribution in [0.15, 0.2) is 83.8 Å². The second-order valence-electron chi connectivity index (χ2n) is 9.11. The molecule has 0 spiro atoms. The number of nitrogens with one attached hydrogen (secondary N) is 1. The molecule has 1 aliphatic heterocycles. The van der Waals surface area contributed by atoms with E-state index in [9.17, 15) is 13.2 Å². The zero-order chi connectivity index (χ0) is 26.5. The molecule has 196 valence electrons. The Morgan fingerprint density at radius 2 is 1.62 bits per heavy atom. The molecule has 1 N–H and O–H groups in total. The third-order valence-electron chi connectivity index (χ3n) is 6.88. The predicted octanol–water partition coefficient (Wildman–Crippen LogP) is 5.48. The fourth-order valence-corrected chi connectivity index (χ4v) is 6.13. The van der Waals surface area contributed by atoms with E-state index in [4.69, 9.17) is 9.47 Å². The van der Waals surface area contributed by atoms with Crippen LogP contribution in [0, 0.1) is 0 Å². The minimum Gasteiger partial charge on any atom is -0.494 e. The Labute approximate surface area is 219 Å². The van der Waals surface area contributed by atoms with Gasteiger partial charge in [0.25, 0.3) is 10.0 Å². The summed E-state index contributed by atoms with van der Waals surface area (Å²) >= 11 is 0. The maximum atomic E-state index is 13.7. The Morgan fingerprint density at radius 1 is 0.973 bits per heavy atom. The highest BCUT2D eigenvalue weighted by Gasteiger charge is 2.39. The van der Waals surface area contributed by atoms with Gasteiger partial charge < -0.3 is 14.8 Å². The number of sulfonamides is 1. The Kier molecular flexibility index (Phi) is 8.07. The molecule has 0 saturated carbocycles. The zero-order valence-electron chi connectivity index (χ0n) is 21.5. The molecule has 0 saturated heterocycles. The van der Waals surface area contributed by atoms with Crippen molar-refractivity contribution in [3.05, 3.63) is 84.4 Å². The lowest BCUT2D eigenvalue weighted by atomic mass is 9.83. The second kappa shape index (κ2) is 11.3. The zero-order valence-corrected chi connectivity index (χ0v) is 22.3. The van der Waals surface area contributed by atoms with Crippen molar-refractivity contribution < 1.29 is 22.7 Å². The molecule has 3 aromatic rings. The highest BCUT2D eigenvalue weighted by Crippen LogP contribution is 2.42. The van der Waals surface area contributed by atoms with Gasteiger partial charge in [0.1, 0.15) is 23.6 Å². The van der Waals surface area contributed by atoms with Gasteiger partial charge in [-0.2, -0.15) is 0 Å². The number of anilines is 1. The first-order valence-electron chi connectivity index (χ1n) is 12.7. The van der Waals surface area contributed by atoms with Crippen LogP contribution in [0.1, 0.15) is 51.6 Å². The summed E-state index contributed by atoms with van der Waals surface area (Å²) in [5.74, 6) is 0.949. The number of para-hydroxylation sites is 2. The van der Waals surface area contributed by atoms with E-state index in [0.29, 0.717) is 24.5 Å². The van der Waals surface area contributed by atoms with Gasteiger partial charge in [-0.3, -0.25) is 9.10 Å². The molecule has 1 aliphatic rings. The van der Waals surface area contributed by atoms with Crippen molar-refractivity contribution >= 4 is 21.6 Å². The number of rotatable bonds is 10. The third kappa shape index (κ3) is 5.74. The SMILES string of the molecule is CCOc1ccc(S(=O)(=O)N(CC(=O)NC2CC(CC)(CC)Oc3ccccc32)c2ccccc2)cc1. The number of amides is 1. The average molecular weight is 523 g/mol. The predicted molar refractivity (Wildman–Crippen MR) is 144 cm³/mol. The first kappa shape index (κ1) is 26.5. The Balaban J connectivity index is 1.62. The van der Waals surface area contributed by atoms with E-state index in [1.807, 2.05) is 31.2 Å². The minimum atomic E-state index is -4.02. The lowest BCUT2D eigenvalue weighted by Crippen LogP contribution is -2.47. The lowest BCUT2D eigenvalue weighted by molar-refractivity contribution is -0.121. The number of carbonyl (C=O) groups is 1. The summed E-state index contributed by atoms with van der Waals surface area (Å²) in [5, 5.41) is 3.10. The van der Waals surface area contributed by atoms with Crippen LogP contribution < -0.4 is 19.1 Å². The Bertz CT molecular complexity index is 1310. The topological polar surface area (TPSA) is 84.9 Å². The largest absolute Gasteiger partial charge is 0.494 e. The van der Waals surface area contributed by atoms with Crippen LogP contribution in [0.2, 0.25) is 0 Å². The first-order valence-corrected chi connectivity index (χ1v) is 14.1. The van der Waals surface area contributed by atoms with Crippen LogP contribution in [-0.2, 0) is 14.8 Å². The van der Waals surface area contributed by atoms with Crippen molar-refractivity contribution in [3.63, 3.8) is 0 Å². The number of carbonyl (C=O) groups excluding carboxylic acids is 1. The van der Waals surface area contributed by atoms with E-state index < -0.39 is 10.0 Å². The fourth-order valence-electron chi connectivity index (χ4n) is 4.71. The first-order chi connectivity index (χ1) is 17.8. The van der Waals surface area contributed by atoms with Gasteiger partial charge in [0, 0.05) is 12.0 Å². The van der Waals surface area contributed by atoms with Crippen molar-refractivity contribution in [2.45, 2.75) is 56.6 Å². The van der Waals surface area contributed by atoms with Gasteiger partial charge in [0.15, 0.2) is 0 Å². The molecule has 1 atom stereocenters. The van der Waals surface area contributed by atoms with Gasteiger partial charge in [-0.15, -0.1) is 0 Å². The number of hydrogen-bond acceptors (Lipinski definition) is 5. The standard InChI is InChI=1S/C29H34N2O5S/c1-4-29(5-2)20-26(25-14-10-11-15-27(25)36-29)30-28(32)21-31(22-12-8-7-9-13-22)37(33,34)24-18-16-23(17-19-24)35-6-3/h7-19,26H,4-6,20-21H2,1-3H3,(H,30,32). The number of ether oxygens (including phenoxy) is 2. The molecule has 0 aliphatic carbocycles. The quantitative estimate of drug-likeness (QED) is 0.381. The van der Waals surface area contributed by atoms with Gasteiger partial charge in [-0.1, -0.05) is 50.2 Å². The molecule has 0 radical (unpaired) electrons. The molecular formula is C29H34N2O5S. The molecule has 1 heterocycles.